The van der Waals surface area contributed by atoms with E-state index in [2.05, 4.69) is 5.32 Å². The average Bonchev–Trinajstić information content (AvgIpc) is 2.31. The molecule has 0 heterocycles. The lowest BCUT2D eigenvalue weighted by atomic mass is 10.1. The Kier molecular flexibility index (Phi) is 2.82. The highest BCUT2D eigenvalue weighted by atomic mass is 16.3. The maximum absolute atomic E-state index is 9.66. The molecule has 0 saturated carbocycles. The summed E-state index contributed by atoms with van der Waals surface area (Å²) in [6.45, 7) is 3.94. The van der Waals surface area contributed by atoms with Gasteiger partial charge in [0.15, 0.2) is 0 Å². The summed E-state index contributed by atoms with van der Waals surface area (Å²) in [6, 6.07) is 13.6. The highest BCUT2D eigenvalue weighted by Gasteiger charge is 2.06. The summed E-state index contributed by atoms with van der Waals surface area (Å²) < 4.78 is 0. The largest absolute Gasteiger partial charge is 0.508 e. The third kappa shape index (κ3) is 2.01. The van der Waals surface area contributed by atoms with Crippen molar-refractivity contribution in [3.05, 3.63) is 53.6 Å². The Hall–Kier alpha value is -1.96. The smallest absolute Gasteiger partial charge is 0.120 e. The predicted octanol–water partition coefficient (Wildman–Crippen LogP) is 3.75. The molecule has 0 fully saturated rings. The van der Waals surface area contributed by atoms with Crippen molar-refractivity contribution in [1.82, 2.24) is 0 Å². The first-order valence-corrected chi connectivity index (χ1v) is 5.29. The standard InChI is InChI=1S/C14H15NO/c1-10-8-9-13(16)11(2)14(10)15-12-6-4-3-5-7-12/h3-9,15-16H,1-2H3. The van der Waals surface area contributed by atoms with Crippen LogP contribution in [-0.2, 0) is 0 Å². The van der Waals surface area contributed by atoms with Crippen molar-refractivity contribution in [3.63, 3.8) is 0 Å². The molecule has 0 aliphatic rings. The summed E-state index contributed by atoms with van der Waals surface area (Å²) in [5.41, 5.74) is 4.01. The van der Waals surface area contributed by atoms with Gasteiger partial charge in [0.1, 0.15) is 5.75 Å². The first-order valence-electron chi connectivity index (χ1n) is 5.29. The van der Waals surface area contributed by atoms with E-state index >= 15 is 0 Å². The highest BCUT2D eigenvalue weighted by Crippen LogP contribution is 2.30. The van der Waals surface area contributed by atoms with Gasteiger partial charge < -0.3 is 10.4 Å². The number of rotatable bonds is 2. The van der Waals surface area contributed by atoms with Crippen molar-refractivity contribution in [2.45, 2.75) is 13.8 Å². The van der Waals surface area contributed by atoms with Crippen LogP contribution in [0.1, 0.15) is 11.1 Å². The zero-order chi connectivity index (χ0) is 11.5. The van der Waals surface area contributed by atoms with E-state index < -0.39 is 0 Å². The summed E-state index contributed by atoms with van der Waals surface area (Å²) in [5.74, 6) is 0.323. The Morgan fingerprint density at radius 1 is 0.938 bits per heavy atom. The van der Waals surface area contributed by atoms with Crippen LogP contribution in [0.15, 0.2) is 42.5 Å². The number of nitrogens with one attached hydrogen (secondary N) is 1. The van der Waals surface area contributed by atoms with Crippen LogP contribution >= 0.6 is 0 Å². The summed E-state index contributed by atoms with van der Waals surface area (Å²) in [7, 11) is 0. The Labute approximate surface area is 95.6 Å². The third-order valence-electron chi connectivity index (χ3n) is 2.69. The van der Waals surface area contributed by atoms with E-state index in [1.54, 1.807) is 6.07 Å². The minimum Gasteiger partial charge on any atom is -0.508 e. The zero-order valence-electron chi connectivity index (χ0n) is 9.49. The molecule has 0 bridgehead atoms. The maximum atomic E-state index is 9.66. The van der Waals surface area contributed by atoms with Crippen LogP contribution in [0.5, 0.6) is 5.75 Å². The average molecular weight is 213 g/mol. The van der Waals surface area contributed by atoms with E-state index in [-0.39, 0.29) is 0 Å². The molecule has 2 N–H and O–H groups in total. The molecule has 0 aliphatic heterocycles. The van der Waals surface area contributed by atoms with Crippen molar-refractivity contribution >= 4 is 11.4 Å². The molecule has 0 radical (unpaired) electrons. The fourth-order valence-electron chi connectivity index (χ4n) is 1.69. The molecule has 0 unspecified atom stereocenters. The molecular formula is C14H15NO. The second-order valence-electron chi connectivity index (χ2n) is 3.89. The van der Waals surface area contributed by atoms with Gasteiger partial charge in [-0.3, -0.25) is 0 Å². The van der Waals surface area contributed by atoms with E-state index in [1.165, 1.54) is 0 Å². The fourth-order valence-corrected chi connectivity index (χ4v) is 1.69. The summed E-state index contributed by atoms with van der Waals surface area (Å²) in [5, 5.41) is 13.0. The molecule has 0 aromatic heterocycles. The minimum atomic E-state index is 0.323. The molecule has 2 heteroatoms. The third-order valence-corrected chi connectivity index (χ3v) is 2.69. The number of hydrogen-bond acceptors (Lipinski definition) is 2. The molecule has 2 aromatic carbocycles. The topological polar surface area (TPSA) is 32.3 Å². The van der Waals surface area contributed by atoms with Crippen molar-refractivity contribution in [3.8, 4) is 5.75 Å². The number of anilines is 2. The number of hydrogen-bond donors (Lipinski definition) is 2. The molecule has 2 rings (SSSR count). The van der Waals surface area contributed by atoms with E-state index in [9.17, 15) is 5.11 Å². The molecule has 0 atom stereocenters. The zero-order valence-corrected chi connectivity index (χ0v) is 9.49. The normalized spacial score (nSPS) is 10.1. The number of aromatic hydroxyl groups is 1. The lowest BCUT2D eigenvalue weighted by Gasteiger charge is -2.13. The van der Waals surface area contributed by atoms with Crippen LogP contribution in [0.3, 0.4) is 0 Å². The van der Waals surface area contributed by atoms with E-state index in [0.29, 0.717) is 5.75 Å². The van der Waals surface area contributed by atoms with Crippen LogP contribution < -0.4 is 5.32 Å². The summed E-state index contributed by atoms with van der Waals surface area (Å²) in [6.07, 6.45) is 0. The summed E-state index contributed by atoms with van der Waals surface area (Å²) in [4.78, 5) is 0. The molecule has 82 valence electrons. The number of benzene rings is 2. The molecule has 0 aliphatic carbocycles. The highest BCUT2D eigenvalue weighted by molar-refractivity contribution is 5.69. The van der Waals surface area contributed by atoms with E-state index in [0.717, 1.165) is 22.5 Å². The number of para-hydroxylation sites is 1. The van der Waals surface area contributed by atoms with Crippen molar-refractivity contribution < 1.29 is 5.11 Å². The molecule has 2 nitrogen and oxygen atoms in total. The predicted molar refractivity (Wildman–Crippen MR) is 67.3 cm³/mol. The van der Waals surface area contributed by atoms with Crippen molar-refractivity contribution in [1.29, 1.82) is 0 Å². The second-order valence-corrected chi connectivity index (χ2v) is 3.89. The van der Waals surface area contributed by atoms with Gasteiger partial charge in [0.25, 0.3) is 0 Å². The molecule has 2 aromatic rings. The maximum Gasteiger partial charge on any atom is 0.120 e. The van der Waals surface area contributed by atoms with E-state index in [4.69, 9.17) is 0 Å². The molecule has 0 spiro atoms. The van der Waals surface area contributed by atoms with Crippen LogP contribution in [0.25, 0.3) is 0 Å². The van der Waals surface area contributed by atoms with Gasteiger partial charge in [-0.2, -0.15) is 0 Å². The van der Waals surface area contributed by atoms with Crippen LogP contribution in [0.4, 0.5) is 11.4 Å². The number of phenols is 1. The van der Waals surface area contributed by atoms with Gasteiger partial charge in [0.2, 0.25) is 0 Å². The lowest BCUT2D eigenvalue weighted by molar-refractivity contribution is 0.471. The van der Waals surface area contributed by atoms with Gasteiger partial charge in [-0.25, -0.2) is 0 Å². The summed E-state index contributed by atoms with van der Waals surface area (Å²) >= 11 is 0. The van der Waals surface area contributed by atoms with Crippen molar-refractivity contribution in [2.75, 3.05) is 5.32 Å². The SMILES string of the molecule is Cc1ccc(O)c(C)c1Nc1ccccc1. The number of phenolic OH excluding ortho intramolecular Hbond substituents is 1. The molecule has 0 amide bonds. The van der Waals surface area contributed by atoms with Gasteiger partial charge >= 0.3 is 0 Å². The van der Waals surface area contributed by atoms with Gasteiger partial charge in [-0.1, -0.05) is 24.3 Å². The molecular weight excluding hydrogens is 198 g/mol. The van der Waals surface area contributed by atoms with Crippen LogP contribution in [0, 0.1) is 13.8 Å². The van der Waals surface area contributed by atoms with Gasteiger partial charge in [-0.05, 0) is 37.6 Å². The molecule has 16 heavy (non-hydrogen) atoms. The number of aryl methyl sites for hydroxylation is 1. The second kappa shape index (κ2) is 4.27. The van der Waals surface area contributed by atoms with Gasteiger partial charge in [0, 0.05) is 16.9 Å². The van der Waals surface area contributed by atoms with Gasteiger partial charge in [0.05, 0.1) is 0 Å². The Bertz CT molecular complexity index is 492. The van der Waals surface area contributed by atoms with Crippen molar-refractivity contribution in [2.24, 2.45) is 0 Å². The monoisotopic (exact) mass is 213 g/mol. The van der Waals surface area contributed by atoms with E-state index in [1.807, 2.05) is 50.2 Å². The van der Waals surface area contributed by atoms with Gasteiger partial charge in [-0.15, -0.1) is 0 Å². The first-order chi connectivity index (χ1) is 7.68. The minimum absolute atomic E-state index is 0.323. The quantitative estimate of drug-likeness (QED) is 0.796. The molecule has 0 saturated heterocycles. The lowest BCUT2D eigenvalue weighted by Crippen LogP contribution is -1.95. The van der Waals surface area contributed by atoms with Crippen LogP contribution in [-0.4, -0.2) is 5.11 Å². The fraction of sp³-hybridized carbons (Fsp3) is 0.143. The Morgan fingerprint density at radius 2 is 1.62 bits per heavy atom. The Morgan fingerprint density at radius 3 is 2.31 bits per heavy atom. The Balaban J connectivity index is 2.38. The first kappa shape index (κ1) is 10.6. The van der Waals surface area contributed by atoms with Crippen LogP contribution in [0.2, 0.25) is 0 Å².